The van der Waals surface area contributed by atoms with Crippen molar-refractivity contribution in [2.75, 3.05) is 0 Å². The van der Waals surface area contributed by atoms with Crippen molar-refractivity contribution in [3.8, 4) is 22.3 Å². The van der Waals surface area contributed by atoms with E-state index in [4.69, 9.17) is 0 Å². The van der Waals surface area contributed by atoms with Gasteiger partial charge in [-0.15, -0.1) is 0 Å². The van der Waals surface area contributed by atoms with Gasteiger partial charge in [0.15, 0.2) is 17.5 Å². The smallest absolute Gasteiger partial charge is 0.195 e. The van der Waals surface area contributed by atoms with Crippen LogP contribution in [0.5, 0.6) is 0 Å². The Morgan fingerprint density at radius 3 is 2.08 bits per heavy atom. The van der Waals surface area contributed by atoms with Crippen molar-refractivity contribution in [1.82, 2.24) is 0 Å². The largest absolute Gasteiger partial charge is 0.206 e. The van der Waals surface area contributed by atoms with Crippen LogP contribution in [0.4, 0.5) is 17.6 Å². The van der Waals surface area contributed by atoms with Gasteiger partial charge in [-0.3, -0.25) is 0 Å². The van der Waals surface area contributed by atoms with Crippen LogP contribution in [0.25, 0.3) is 22.3 Å². The molecule has 3 rings (SSSR count). The fourth-order valence-corrected chi connectivity index (χ4v) is 2.91. The molecule has 0 spiro atoms. The van der Waals surface area contributed by atoms with Gasteiger partial charge in [-0.2, -0.15) is 0 Å². The normalized spacial score (nSPS) is 10.9. The minimum Gasteiger partial charge on any atom is -0.206 e. The van der Waals surface area contributed by atoms with Crippen molar-refractivity contribution in [3.63, 3.8) is 0 Å². The number of hydrogen-bond acceptors (Lipinski definition) is 0. The van der Waals surface area contributed by atoms with Crippen LogP contribution in [0.15, 0.2) is 54.6 Å². The zero-order valence-corrected chi connectivity index (χ0v) is 13.6. The average molecular weight is 344 g/mol. The Hall–Kier alpha value is -2.62. The summed E-state index contributed by atoms with van der Waals surface area (Å²) in [4.78, 5) is 0. The summed E-state index contributed by atoms with van der Waals surface area (Å²) in [5, 5.41) is 0. The van der Waals surface area contributed by atoms with Crippen LogP contribution in [0, 0.1) is 23.3 Å². The van der Waals surface area contributed by atoms with Crippen LogP contribution in [-0.2, 0) is 6.42 Å². The Bertz CT molecular complexity index is 902. The first-order valence-corrected chi connectivity index (χ1v) is 8.04. The molecule has 0 saturated carbocycles. The molecule has 0 N–H and O–H groups in total. The quantitative estimate of drug-likeness (QED) is 0.373. The van der Waals surface area contributed by atoms with Crippen molar-refractivity contribution >= 4 is 0 Å². The molecular weight excluding hydrogens is 328 g/mol. The summed E-state index contributed by atoms with van der Waals surface area (Å²) in [6.45, 7) is 1.97. The van der Waals surface area contributed by atoms with Crippen LogP contribution in [0.1, 0.15) is 18.9 Å². The summed E-state index contributed by atoms with van der Waals surface area (Å²) in [5.74, 6) is -4.95. The summed E-state index contributed by atoms with van der Waals surface area (Å²) in [6.07, 6.45) is 1.52. The first kappa shape index (κ1) is 17.2. The van der Waals surface area contributed by atoms with E-state index in [1.165, 1.54) is 12.1 Å². The van der Waals surface area contributed by atoms with Gasteiger partial charge in [0.05, 0.1) is 0 Å². The molecule has 0 amide bonds. The second kappa shape index (κ2) is 7.09. The molecule has 0 nitrogen and oxygen atoms in total. The van der Waals surface area contributed by atoms with Crippen molar-refractivity contribution in [3.05, 3.63) is 83.4 Å². The summed E-state index contributed by atoms with van der Waals surface area (Å²) in [6, 6.07) is 13.7. The van der Waals surface area contributed by atoms with Crippen molar-refractivity contribution in [2.45, 2.75) is 19.8 Å². The van der Waals surface area contributed by atoms with Crippen molar-refractivity contribution in [2.24, 2.45) is 0 Å². The van der Waals surface area contributed by atoms with Gasteiger partial charge in [0, 0.05) is 11.1 Å². The van der Waals surface area contributed by atoms with Crippen LogP contribution in [-0.4, -0.2) is 0 Å². The van der Waals surface area contributed by atoms with Crippen molar-refractivity contribution in [1.29, 1.82) is 0 Å². The van der Waals surface area contributed by atoms with Gasteiger partial charge in [0.2, 0.25) is 0 Å². The highest BCUT2D eigenvalue weighted by Gasteiger charge is 2.23. The maximum absolute atomic E-state index is 14.6. The summed E-state index contributed by atoms with van der Waals surface area (Å²) in [7, 11) is 0. The molecule has 3 aromatic rings. The Balaban J connectivity index is 2.27. The lowest BCUT2D eigenvalue weighted by Gasteiger charge is -2.14. The van der Waals surface area contributed by atoms with E-state index in [1.54, 1.807) is 36.4 Å². The Labute approximate surface area is 143 Å². The van der Waals surface area contributed by atoms with Gasteiger partial charge in [0.1, 0.15) is 5.82 Å². The topological polar surface area (TPSA) is 0 Å². The maximum Gasteiger partial charge on any atom is 0.195 e. The highest BCUT2D eigenvalue weighted by Crippen LogP contribution is 2.38. The van der Waals surface area contributed by atoms with Gasteiger partial charge in [-0.1, -0.05) is 55.8 Å². The Kier molecular flexibility index (Phi) is 4.88. The molecule has 0 unspecified atom stereocenters. The zero-order valence-electron chi connectivity index (χ0n) is 13.6. The molecule has 0 aliphatic rings. The second-order valence-corrected chi connectivity index (χ2v) is 5.84. The van der Waals surface area contributed by atoms with E-state index in [0.29, 0.717) is 12.0 Å². The number of aryl methyl sites for hydroxylation is 1. The predicted octanol–water partition coefficient (Wildman–Crippen LogP) is 6.53. The molecule has 0 aliphatic heterocycles. The van der Waals surface area contributed by atoms with Crippen LogP contribution in [0.3, 0.4) is 0 Å². The van der Waals surface area contributed by atoms with Gasteiger partial charge in [0.25, 0.3) is 0 Å². The van der Waals surface area contributed by atoms with E-state index in [0.717, 1.165) is 18.1 Å². The van der Waals surface area contributed by atoms with E-state index in [-0.39, 0.29) is 16.7 Å². The third-order valence-electron chi connectivity index (χ3n) is 4.09. The molecule has 25 heavy (non-hydrogen) atoms. The minimum atomic E-state index is -1.60. The third-order valence-corrected chi connectivity index (χ3v) is 4.09. The van der Waals surface area contributed by atoms with E-state index >= 15 is 0 Å². The summed E-state index contributed by atoms with van der Waals surface area (Å²) < 4.78 is 56.7. The van der Waals surface area contributed by atoms with Gasteiger partial charge < -0.3 is 0 Å². The Morgan fingerprint density at radius 2 is 1.44 bits per heavy atom. The summed E-state index contributed by atoms with van der Waals surface area (Å²) in [5.41, 5.74) is 1.00. The monoisotopic (exact) mass is 344 g/mol. The van der Waals surface area contributed by atoms with E-state index in [1.807, 2.05) is 6.92 Å². The molecule has 0 fully saturated rings. The number of benzene rings is 3. The maximum atomic E-state index is 14.6. The van der Waals surface area contributed by atoms with E-state index < -0.39 is 23.3 Å². The lowest BCUT2D eigenvalue weighted by atomic mass is 9.92. The van der Waals surface area contributed by atoms with Crippen molar-refractivity contribution < 1.29 is 17.6 Å². The number of hydrogen-bond donors (Lipinski definition) is 0. The minimum absolute atomic E-state index is 0.0879. The molecule has 0 aliphatic carbocycles. The van der Waals surface area contributed by atoms with Gasteiger partial charge >= 0.3 is 0 Å². The number of rotatable bonds is 4. The second-order valence-electron chi connectivity index (χ2n) is 5.84. The zero-order chi connectivity index (χ0) is 18.0. The molecule has 0 radical (unpaired) electrons. The van der Waals surface area contributed by atoms with Crippen LogP contribution >= 0.6 is 0 Å². The Morgan fingerprint density at radius 1 is 0.720 bits per heavy atom. The highest BCUT2D eigenvalue weighted by atomic mass is 19.2. The summed E-state index contributed by atoms with van der Waals surface area (Å²) >= 11 is 0. The fraction of sp³-hybridized carbons (Fsp3) is 0.143. The molecule has 0 saturated heterocycles. The van der Waals surface area contributed by atoms with Gasteiger partial charge in [-0.05, 0) is 35.2 Å². The molecule has 0 atom stereocenters. The third kappa shape index (κ3) is 3.29. The molecule has 4 heteroatoms. The SMILES string of the molecule is CCCc1ccc(-c2c(-c3ccccc3)cc(F)c(F)c2F)c(F)c1. The lowest BCUT2D eigenvalue weighted by Crippen LogP contribution is -2.00. The van der Waals surface area contributed by atoms with Crippen LogP contribution < -0.4 is 0 Å². The molecule has 0 aromatic heterocycles. The number of halogens is 4. The molecule has 0 bridgehead atoms. The lowest BCUT2D eigenvalue weighted by molar-refractivity contribution is 0.449. The van der Waals surface area contributed by atoms with E-state index in [2.05, 4.69) is 0 Å². The van der Waals surface area contributed by atoms with Gasteiger partial charge in [-0.25, -0.2) is 17.6 Å². The van der Waals surface area contributed by atoms with Crippen LogP contribution in [0.2, 0.25) is 0 Å². The first-order valence-electron chi connectivity index (χ1n) is 8.04. The molecule has 0 heterocycles. The predicted molar refractivity (Wildman–Crippen MR) is 91.1 cm³/mol. The average Bonchev–Trinajstić information content (AvgIpc) is 2.61. The molecule has 128 valence electrons. The highest BCUT2D eigenvalue weighted by molar-refractivity contribution is 5.84. The first-order chi connectivity index (χ1) is 12.0. The fourth-order valence-electron chi connectivity index (χ4n) is 2.91. The van der Waals surface area contributed by atoms with E-state index in [9.17, 15) is 17.6 Å². The molecule has 3 aromatic carbocycles. The molecular formula is C21H16F4. The standard InChI is InChI=1S/C21H16F4/c1-2-6-13-9-10-15(17(22)11-13)19-16(14-7-4-3-5-8-14)12-18(23)20(24)21(19)25/h3-5,7-12H,2,6H2,1H3.